The Morgan fingerprint density at radius 2 is 0.872 bits per heavy atom. The van der Waals surface area contributed by atoms with Crippen molar-refractivity contribution in [1.82, 2.24) is 0 Å². The lowest BCUT2D eigenvalue weighted by atomic mass is 9.59. The second-order valence-electron chi connectivity index (χ2n) is 10.1. The number of Topliss-reactive ketones (excluding diaryl/α,β-unsaturated/α-hetero) is 1. The van der Waals surface area contributed by atoms with Gasteiger partial charge in [-0.25, -0.2) is 0 Å². The smallest absolute Gasteiger partial charge is 0.319 e. The molecule has 0 radical (unpaired) electrons. The van der Waals surface area contributed by atoms with Crippen LogP contribution in [0.15, 0.2) is 109 Å². The van der Waals surface area contributed by atoms with Gasteiger partial charge in [-0.1, -0.05) is 108 Å². The predicted molar refractivity (Wildman–Crippen MR) is 149 cm³/mol. The molecule has 1 saturated carbocycles. The summed E-state index contributed by atoms with van der Waals surface area (Å²) in [7, 11) is 0. The van der Waals surface area contributed by atoms with Gasteiger partial charge in [0.05, 0.1) is 22.7 Å². The first-order valence-electron chi connectivity index (χ1n) is 12.6. The molecule has 0 unspecified atom stereocenters. The number of rotatable bonds is 4. The van der Waals surface area contributed by atoms with Gasteiger partial charge < -0.3 is 4.74 Å². The van der Waals surface area contributed by atoms with E-state index in [9.17, 15) is 9.59 Å². The van der Waals surface area contributed by atoms with Crippen molar-refractivity contribution in [1.29, 1.82) is 0 Å². The van der Waals surface area contributed by atoms with Crippen LogP contribution < -0.4 is 0 Å². The third kappa shape index (κ3) is 2.99. The summed E-state index contributed by atoms with van der Waals surface area (Å²) in [6.07, 6.45) is 0. The van der Waals surface area contributed by atoms with Gasteiger partial charge in [0.1, 0.15) is 0 Å². The van der Waals surface area contributed by atoms with Crippen LogP contribution in [-0.2, 0) is 30.0 Å². The highest BCUT2D eigenvalue weighted by atomic mass is 35.5. The highest BCUT2D eigenvalue weighted by Gasteiger charge is 2.82. The molecule has 2 aliphatic carbocycles. The molecule has 4 aromatic rings. The Balaban J connectivity index is 1.72. The van der Waals surface area contributed by atoms with Gasteiger partial charge in [-0.05, 0) is 57.7 Å². The van der Waals surface area contributed by atoms with Crippen LogP contribution in [0.1, 0.15) is 22.3 Å². The lowest BCUT2D eigenvalue weighted by molar-refractivity contribution is -0.156. The number of hydrogen-bond acceptors (Lipinski definition) is 4. The molecule has 0 spiro atoms. The van der Waals surface area contributed by atoms with Crippen molar-refractivity contribution >= 4 is 52.1 Å². The average molecular weight is 551 g/mol. The summed E-state index contributed by atoms with van der Waals surface area (Å²) < 4.78 is 5.36. The first kappa shape index (κ1) is 24.1. The number of ketones is 1. The summed E-state index contributed by atoms with van der Waals surface area (Å²) in [6, 6.07) is 33.1. The summed E-state index contributed by atoms with van der Waals surface area (Å²) in [4.78, 5) is 42.6. The third-order valence-electron chi connectivity index (χ3n) is 8.45. The van der Waals surface area contributed by atoms with E-state index in [1.54, 1.807) is 48.5 Å². The Morgan fingerprint density at radius 3 is 1.23 bits per heavy atom. The van der Waals surface area contributed by atoms with E-state index in [0.717, 1.165) is 11.1 Å². The molecule has 0 amide bonds. The van der Waals surface area contributed by atoms with Crippen molar-refractivity contribution in [2.75, 3.05) is 0 Å². The maximum Gasteiger partial charge on any atom is 0.319 e. The van der Waals surface area contributed by atoms with Gasteiger partial charge in [0.2, 0.25) is 0 Å². The van der Waals surface area contributed by atoms with E-state index >= 15 is 4.79 Å². The lowest BCUT2D eigenvalue weighted by Crippen LogP contribution is -2.41. The van der Waals surface area contributed by atoms with E-state index in [1.807, 2.05) is 60.7 Å². The molecule has 0 N–H and O–H groups in total. The van der Waals surface area contributed by atoms with Crippen LogP contribution in [0.4, 0.5) is 0 Å². The first-order chi connectivity index (χ1) is 18.9. The van der Waals surface area contributed by atoms with Crippen LogP contribution in [0.3, 0.4) is 0 Å². The number of halogens is 2. The molecule has 7 rings (SSSR count). The summed E-state index contributed by atoms with van der Waals surface area (Å²) >= 11 is 12.6. The average Bonchev–Trinajstić information content (AvgIpc) is 3.49. The fourth-order valence-electron chi connectivity index (χ4n) is 7.17. The summed E-state index contributed by atoms with van der Waals surface area (Å²) in [6.45, 7) is 0. The van der Waals surface area contributed by atoms with Crippen LogP contribution >= 0.6 is 23.2 Å². The maximum atomic E-state index is 15.4. The van der Waals surface area contributed by atoms with Gasteiger partial charge in [0.15, 0.2) is 5.78 Å². The maximum absolute atomic E-state index is 15.4. The predicted octanol–water partition coefficient (Wildman–Crippen LogP) is 6.69. The first-order valence-corrected chi connectivity index (χ1v) is 13.4. The zero-order chi connectivity index (χ0) is 26.9. The van der Waals surface area contributed by atoms with Crippen LogP contribution in [0.2, 0.25) is 10.0 Å². The fraction of sp³-hybridized carbons (Fsp3) is 0.121. The molecule has 4 atom stereocenters. The van der Waals surface area contributed by atoms with Gasteiger partial charge in [-0.2, -0.15) is 0 Å². The number of carbonyl (C=O) groups excluding carboxylic acids is 3. The van der Waals surface area contributed by atoms with Crippen molar-refractivity contribution < 1.29 is 19.1 Å². The molecule has 1 aliphatic heterocycles. The second-order valence-corrected chi connectivity index (χ2v) is 11.0. The number of ether oxygens (including phenoxy) is 1. The topological polar surface area (TPSA) is 60.4 Å². The number of benzene rings is 4. The molecule has 3 aliphatic rings. The Morgan fingerprint density at radius 1 is 0.513 bits per heavy atom. The molecule has 39 heavy (non-hydrogen) atoms. The SMILES string of the molecule is O=C1OC(=O)[C@H]2[C@@H]1[C@@]1(c3ccc(Cl)cc3)C(=O)[C@]2(c2ccc(Cl)cc2)C(c2ccccc2)=C1c1ccccc1. The minimum absolute atomic E-state index is 0.225. The zero-order valence-corrected chi connectivity index (χ0v) is 21.9. The van der Waals surface area contributed by atoms with E-state index < -0.39 is 34.6 Å². The minimum atomic E-state index is -1.48. The van der Waals surface area contributed by atoms with Crippen molar-refractivity contribution in [2.24, 2.45) is 11.8 Å². The molecule has 1 heterocycles. The van der Waals surface area contributed by atoms with Gasteiger partial charge in [0.25, 0.3) is 0 Å². The van der Waals surface area contributed by atoms with Crippen molar-refractivity contribution in [3.63, 3.8) is 0 Å². The van der Waals surface area contributed by atoms with Crippen molar-refractivity contribution in [3.8, 4) is 0 Å². The Labute approximate surface area is 234 Å². The Bertz CT molecular complexity index is 1570. The van der Waals surface area contributed by atoms with Gasteiger partial charge in [-0.15, -0.1) is 0 Å². The zero-order valence-electron chi connectivity index (χ0n) is 20.4. The van der Waals surface area contributed by atoms with Gasteiger partial charge in [0, 0.05) is 10.0 Å². The molecule has 6 heteroatoms. The molecule has 4 nitrogen and oxygen atoms in total. The van der Waals surface area contributed by atoms with Crippen molar-refractivity contribution in [3.05, 3.63) is 141 Å². The van der Waals surface area contributed by atoms with E-state index in [-0.39, 0.29) is 5.78 Å². The summed E-state index contributed by atoms with van der Waals surface area (Å²) in [5.41, 5.74) is 1.21. The van der Waals surface area contributed by atoms with E-state index in [2.05, 4.69) is 0 Å². The summed E-state index contributed by atoms with van der Waals surface area (Å²) in [5, 5.41) is 0.996. The molecule has 190 valence electrons. The van der Waals surface area contributed by atoms with E-state index in [4.69, 9.17) is 27.9 Å². The monoisotopic (exact) mass is 550 g/mol. The standard InChI is InChI=1S/C33H20Cl2O4/c34-23-15-11-21(12-16-23)32-25(19-7-3-1-4-8-19)26(20-9-5-2-6-10-20)33(31(32)38,22-13-17-24(35)18-14-22)28-27(32)29(36)39-30(28)37/h1-18,27-28H/t27-,28+,32-,33+. The highest BCUT2D eigenvalue weighted by Crippen LogP contribution is 2.74. The number of hydrogen-bond donors (Lipinski definition) is 0. The molecule has 1 saturated heterocycles. The normalized spacial score (nSPS) is 27.2. The molecule has 2 bridgehead atoms. The molecular formula is C33H20Cl2O4. The lowest BCUT2D eigenvalue weighted by Gasteiger charge is -2.38. The fourth-order valence-corrected chi connectivity index (χ4v) is 7.42. The number of allylic oxidation sites excluding steroid dienone is 2. The van der Waals surface area contributed by atoms with Crippen LogP contribution in [0, 0.1) is 11.8 Å². The molecule has 4 aromatic carbocycles. The van der Waals surface area contributed by atoms with Crippen LogP contribution in [-0.4, -0.2) is 17.7 Å². The number of cyclic esters (lactones) is 2. The van der Waals surface area contributed by atoms with E-state index in [0.29, 0.717) is 32.3 Å². The minimum Gasteiger partial charge on any atom is -0.393 e. The van der Waals surface area contributed by atoms with Crippen LogP contribution in [0.25, 0.3) is 11.1 Å². The van der Waals surface area contributed by atoms with Gasteiger partial charge in [-0.3, -0.25) is 14.4 Å². The second kappa shape index (κ2) is 8.51. The van der Waals surface area contributed by atoms with Crippen molar-refractivity contribution in [2.45, 2.75) is 10.8 Å². The number of carbonyl (C=O) groups is 3. The third-order valence-corrected chi connectivity index (χ3v) is 8.96. The molecule has 2 fully saturated rings. The van der Waals surface area contributed by atoms with Gasteiger partial charge >= 0.3 is 11.9 Å². The molecule has 0 aromatic heterocycles. The highest BCUT2D eigenvalue weighted by molar-refractivity contribution is 6.35. The quantitative estimate of drug-likeness (QED) is 0.210. The summed E-state index contributed by atoms with van der Waals surface area (Å²) in [5.74, 6) is -3.69. The number of esters is 2. The Hall–Kier alpha value is -3.99. The van der Waals surface area contributed by atoms with E-state index in [1.165, 1.54) is 0 Å². The largest absolute Gasteiger partial charge is 0.393 e. The number of fused-ring (bicyclic) bond motifs is 5. The molecular weight excluding hydrogens is 531 g/mol. The Kier molecular flexibility index (Phi) is 5.25. The van der Waals surface area contributed by atoms with Crippen LogP contribution in [0.5, 0.6) is 0 Å².